The van der Waals surface area contributed by atoms with E-state index in [9.17, 15) is 9.59 Å². The van der Waals surface area contributed by atoms with Crippen LogP contribution in [0.2, 0.25) is 0 Å². The second-order valence-electron chi connectivity index (χ2n) is 8.86. The summed E-state index contributed by atoms with van der Waals surface area (Å²) < 4.78 is 2.04. The second-order valence-corrected chi connectivity index (χ2v) is 9.75. The lowest BCUT2D eigenvalue weighted by Gasteiger charge is -2.44. The molecule has 3 aromatic rings. The minimum atomic E-state index is -0.993. The van der Waals surface area contributed by atoms with E-state index in [0.29, 0.717) is 12.2 Å². The molecule has 2 aliphatic rings. The third-order valence-corrected chi connectivity index (χ3v) is 7.56. The molecule has 0 saturated heterocycles. The normalized spacial score (nSPS) is 22.3. The number of anilines is 1. The standard InChI is InChI=1S/C24H27N3O2S/c1-16-8-10-19(11-9-16)27-21(28)20-14-17-12-13-30-22(17)26(20)15-24(27,2)23(29)25-18-6-4-3-5-7-18/h8-14,18H,3-7,15H2,1-2H3,(H,25,29). The summed E-state index contributed by atoms with van der Waals surface area (Å²) in [6.07, 6.45) is 5.58. The molecule has 2 aromatic heterocycles. The van der Waals surface area contributed by atoms with Crippen molar-refractivity contribution < 1.29 is 9.59 Å². The molecule has 1 atom stereocenters. The maximum absolute atomic E-state index is 13.7. The van der Waals surface area contributed by atoms with Crippen LogP contribution in [0.1, 0.15) is 55.1 Å². The maximum atomic E-state index is 13.7. The number of hydrogen-bond donors (Lipinski definition) is 1. The summed E-state index contributed by atoms with van der Waals surface area (Å²) in [5.74, 6) is -0.179. The Morgan fingerprint density at radius 3 is 2.60 bits per heavy atom. The van der Waals surface area contributed by atoms with Gasteiger partial charge in [-0.3, -0.25) is 14.5 Å². The van der Waals surface area contributed by atoms with Gasteiger partial charge in [-0.1, -0.05) is 37.0 Å². The Bertz CT molecular complexity index is 1110. The Labute approximate surface area is 180 Å². The van der Waals surface area contributed by atoms with Crippen molar-refractivity contribution in [1.82, 2.24) is 9.88 Å². The zero-order chi connectivity index (χ0) is 20.9. The molecule has 5 rings (SSSR count). The highest BCUT2D eigenvalue weighted by molar-refractivity contribution is 7.16. The van der Waals surface area contributed by atoms with Crippen LogP contribution in [0.5, 0.6) is 0 Å². The molecule has 0 spiro atoms. The number of amides is 2. The summed E-state index contributed by atoms with van der Waals surface area (Å²) in [7, 11) is 0. The summed E-state index contributed by atoms with van der Waals surface area (Å²) in [4.78, 5) is 30.2. The van der Waals surface area contributed by atoms with Crippen molar-refractivity contribution in [3.63, 3.8) is 0 Å². The quantitative estimate of drug-likeness (QED) is 0.655. The lowest BCUT2D eigenvalue weighted by Crippen LogP contribution is -2.65. The van der Waals surface area contributed by atoms with Crippen molar-refractivity contribution in [3.8, 4) is 0 Å². The fraction of sp³-hybridized carbons (Fsp3) is 0.417. The van der Waals surface area contributed by atoms with Crippen LogP contribution in [0.25, 0.3) is 10.2 Å². The summed E-state index contributed by atoms with van der Waals surface area (Å²) in [5.41, 5.74) is 1.55. The summed E-state index contributed by atoms with van der Waals surface area (Å²) in [5, 5.41) is 6.38. The molecule has 1 unspecified atom stereocenters. The predicted molar refractivity (Wildman–Crippen MR) is 121 cm³/mol. The molecule has 30 heavy (non-hydrogen) atoms. The molecule has 2 amide bonds. The molecule has 0 radical (unpaired) electrons. The zero-order valence-electron chi connectivity index (χ0n) is 17.5. The van der Waals surface area contributed by atoms with E-state index < -0.39 is 5.54 Å². The summed E-state index contributed by atoms with van der Waals surface area (Å²) >= 11 is 1.62. The van der Waals surface area contributed by atoms with Crippen LogP contribution in [0.15, 0.2) is 41.8 Å². The first-order chi connectivity index (χ1) is 14.5. The van der Waals surface area contributed by atoms with Crippen LogP contribution in [0, 0.1) is 6.92 Å². The lowest BCUT2D eigenvalue weighted by molar-refractivity contribution is -0.127. The molecule has 156 valence electrons. The van der Waals surface area contributed by atoms with E-state index in [1.165, 1.54) is 6.42 Å². The first-order valence-corrected chi connectivity index (χ1v) is 11.6. The minimum Gasteiger partial charge on any atom is -0.351 e. The van der Waals surface area contributed by atoms with E-state index in [0.717, 1.165) is 47.2 Å². The van der Waals surface area contributed by atoms with Gasteiger partial charge in [0.25, 0.3) is 5.91 Å². The third kappa shape index (κ3) is 3.05. The SMILES string of the molecule is Cc1ccc(N2C(=O)c3cc4ccsc4n3CC2(C)C(=O)NC2CCCCC2)cc1. The van der Waals surface area contributed by atoms with Crippen LogP contribution >= 0.6 is 11.3 Å². The monoisotopic (exact) mass is 421 g/mol. The van der Waals surface area contributed by atoms with Gasteiger partial charge in [0.1, 0.15) is 16.1 Å². The number of carbonyl (C=O) groups is 2. The predicted octanol–water partition coefficient (Wildman–Crippen LogP) is 4.88. The van der Waals surface area contributed by atoms with Gasteiger partial charge in [-0.2, -0.15) is 0 Å². The molecule has 1 aliphatic carbocycles. The molecule has 5 nitrogen and oxygen atoms in total. The number of nitrogens with zero attached hydrogens (tertiary/aromatic N) is 2. The van der Waals surface area contributed by atoms with Gasteiger partial charge in [-0.25, -0.2) is 0 Å². The molecule has 0 bridgehead atoms. The number of thiophene rings is 1. The fourth-order valence-corrected chi connectivity index (χ4v) is 5.78. The lowest BCUT2D eigenvalue weighted by atomic mass is 9.91. The van der Waals surface area contributed by atoms with Crippen LogP contribution in [0.3, 0.4) is 0 Å². The Hall–Kier alpha value is -2.60. The van der Waals surface area contributed by atoms with Crippen molar-refractivity contribution in [2.45, 2.75) is 64.1 Å². The van der Waals surface area contributed by atoms with Gasteiger partial charge in [-0.15, -0.1) is 11.3 Å². The van der Waals surface area contributed by atoms with E-state index in [4.69, 9.17) is 0 Å². The van der Waals surface area contributed by atoms with E-state index in [1.807, 2.05) is 60.2 Å². The Kier molecular flexibility index (Phi) is 4.69. The highest BCUT2D eigenvalue weighted by Gasteiger charge is 2.49. The number of aryl methyl sites for hydroxylation is 1. The summed E-state index contributed by atoms with van der Waals surface area (Å²) in [6, 6.07) is 12.1. The van der Waals surface area contributed by atoms with Crippen LogP contribution in [0.4, 0.5) is 5.69 Å². The van der Waals surface area contributed by atoms with Gasteiger partial charge < -0.3 is 9.88 Å². The summed E-state index contributed by atoms with van der Waals surface area (Å²) in [6.45, 7) is 4.38. The van der Waals surface area contributed by atoms with Gasteiger partial charge in [0.15, 0.2) is 0 Å². The van der Waals surface area contributed by atoms with Gasteiger partial charge >= 0.3 is 0 Å². The first-order valence-electron chi connectivity index (χ1n) is 10.8. The average Bonchev–Trinajstić information content (AvgIpc) is 3.33. The molecule has 6 heteroatoms. The smallest absolute Gasteiger partial charge is 0.275 e. The van der Waals surface area contributed by atoms with E-state index in [1.54, 1.807) is 16.2 Å². The maximum Gasteiger partial charge on any atom is 0.275 e. The fourth-order valence-electron chi connectivity index (χ4n) is 4.88. The van der Waals surface area contributed by atoms with Crippen LogP contribution in [-0.2, 0) is 11.3 Å². The average molecular weight is 422 g/mol. The first kappa shape index (κ1) is 19.4. The van der Waals surface area contributed by atoms with Gasteiger partial charge in [0.2, 0.25) is 5.91 Å². The molecule has 1 N–H and O–H groups in total. The molecule has 3 heterocycles. The number of fused-ring (bicyclic) bond motifs is 3. The number of aromatic nitrogens is 1. The largest absolute Gasteiger partial charge is 0.351 e. The number of carbonyl (C=O) groups excluding carboxylic acids is 2. The molecular weight excluding hydrogens is 394 g/mol. The highest BCUT2D eigenvalue weighted by Crippen LogP contribution is 2.37. The van der Waals surface area contributed by atoms with E-state index in [-0.39, 0.29) is 17.9 Å². The number of benzene rings is 1. The number of nitrogens with one attached hydrogen (secondary N) is 1. The van der Waals surface area contributed by atoms with Crippen LogP contribution < -0.4 is 10.2 Å². The van der Waals surface area contributed by atoms with Crippen LogP contribution in [-0.4, -0.2) is 28.0 Å². The number of hydrogen-bond acceptors (Lipinski definition) is 3. The molecule has 1 fully saturated rings. The van der Waals surface area contributed by atoms with Crippen molar-refractivity contribution >= 4 is 39.1 Å². The number of rotatable bonds is 3. The van der Waals surface area contributed by atoms with Gasteiger partial charge in [-0.05, 0) is 56.3 Å². The van der Waals surface area contributed by atoms with E-state index >= 15 is 0 Å². The van der Waals surface area contributed by atoms with Gasteiger partial charge in [0.05, 0.1) is 6.54 Å². The third-order valence-electron chi connectivity index (χ3n) is 6.61. The van der Waals surface area contributed by atoms with Crippen molar-refractivity contribution in [3.05, 3.63) is 53.0 Å². The Balaban J connectivity index is 1.59. The Morgan fingerprint density at radius 2 is 1.87 bits per heavy atom. The minimum absolute atomic E-state index is 0.0626. The molecule has 1 saturated carbocycles. The van der Waals surface area contributed by atoms with Gasteiger partial charge in [0, 0.05) is 17.1 Å². The van der Waals surface area contributed by atoms with Crippen molar-refractivity contribution in [2.75, 3.05) is 4.90 Å². The highest BCUT2D eigenvalue weighted by atomic mass is 32.1. The molecular formula is C24H27N3O2S. The second kappa shape index (κ2) is 7.27. The molecule has 1 aromatic carbocycles. The van der Waals surface area contributed by atoms with Crippen molar-refractivity contribution in [2.24, 2.45) is 0 Å². The topological polar surface area (TPSA) is 54.3 Å². The zero-order valence-corrected chi connectivity index (χ0v) is 18.3. The van der Waals surface area contributed by atoms with E-state index in [2.05, 4.69) is 5.32 Å². The molecule has 1 aliphatic heterocycles. The van der Waals surface area contributed by atoms with Crippen molar-refractivity contribution in [1.29, 1.82) is 0 Å². The Morgan fingerprint density at radius 1 is 1.13 bits per heavy atom.